The van der Waals surface area contributed by atoms with Gasteiger partial charge in [-0.15, -0.1) is 11.3 Å². The van der Waals surface area contributed by atoms with Gasteiger partial charge in [0.15, 0.2) is 0 Å². The average molecular weight is 376 g/mol. The molecule has 1 saturated heterocycles. The Bertz CT molecular complexity index is 970. The van der Waals surface area contributed by atoms with E-state index in [1.807, 2.05) is 19.9 Å². The van der Waals surface area contributed by atoms with E-state index in [4.69, 9.17) is 5.26 Å². The first kappa shape index (κ1) is 17.0. The summed E-state index contributed by atoms with van der Waals surface area (Å²) in [5.74, 6) is 0. The number of aryl methyl sites for hydroxylation is 1. The monoisotopic (exact) mass is 375 g/mol. The van der Waals surface area contributed by atoms with Crippen LogP contribution in [0.15, 0.2) is 22.4 Å². The summed E-state index contributed by atoms with van der Waals surface area (Å²) < 4.78 is 29.6. The second kappa shape index (κ2) is 6.06. The Morgan fingerprint density at radius 2 is 2.04 bits per heavy atom. The molecule has 2 aliphatic rings. The zero-order valence-electron chi connectivity index (χ0n) is 14.4. The van der Waals surface area contributed by atoms with Crippen LogP contribution < -0.4 is 0 Å². The van der Waals surface area contributed by atoms with Gasteiger partial charge in [0.1, 0.15) is 4.21 Å². The number of hydrogen-bond acceptors (Lipinski definition) is 5. The number of nitriles is 1. The topological polar surface area (TPSA) is 64.4 Å². The molecule has 1 atom stereocenters. The highest BCUT2D eigenvalue weighted by Crippen LogP contribution is 2.38. The minimum Gasteiger partial charge on any atom is -0.297 e. The summed E-state index contributed by atoms with van der Waals surface area (Å²) in [5, 5.41) is 9.96. The molecule has 0 spiro atoms. The Morgan fingerprint density at radius 1 is 1.28 bits per heavy atom. The van der Waals surface area contributed by atoms with Crippen molar-refractivity contribution < 1.29 is 8.42 Å². The van der Waals surface area contributed by atoms with Crippen molar-refractivity contribution in [2.45, 2.75) is 43.0 Å². The van der Waals surface area contributed by atoms with Crippen molar-refractivity contribution in [3.63, 3.8) is 0 Å². The number of benzene rings is 1. The van der Waals surface area contributed by atoms with Crippen molar-refractivity contribution in [2.24, 2.45) is 0 Å². The largest absolute Gasteiger partial charge is 0.297 e. The first-order valence-corrected chi connectivity index (χ1v) is 10.9. The number of thiophene rings is 1. The minimum atomic E-state index is -3.51. The Hall–Kier alpha value is -1.46. The van der Waals surface area contributed by atoms with E-state index in [0.29, 0.717) is 22.4 Å². The van der Waals surface area contributed by atoms with Crippen LogP contribution in [0.1, 0.15) is 30.9 Å². The van der Waals surface area contributed by atoms with Gasteiger partial charge in [0, 0.05) is 36.4 Å². The van der Waals surface area contributed by atoms with Crippen LogP contribution in [0.25, 0.3) is 10.1 Å². The Labute approximate surface area is 152 Å². The fraction of sp³-hybridized carbons (Fsp3) is 0.500. The lowest BCUT2D eigenvalue weighted by molar-refractivity contribution is 0.137. The highest BCUT2D eigenvalue weighted by Gasteiger charge is 2.39. The summed E-state index contributed by atoms with van der Waals surface area (Å²) in [6.45, 7) is 6.03. The number of piperazine rings is 1. The molecule has 25 heavy (non-hydrogen) atoms. The normalized spacial score (nSPS) is 23.0. The fourth-order valence-corrected chi connectivity index (χ4v) is 7.19. The predicted octanol–water partition coefficient (Wildman–Crippen LogP) is 2.94. The van der Waals surface area contributed by atoms with Crippen molar-refractivity contribution in [1.82, 2.24) is 9.21 Å². The smallest absolute Gasteiger partial charge is 0.253 e. The van der Waals surface area contributed by atoms with Crippen molar-refractivity contribution in [1.29, 1.82) is 5.26 Å². The molecule has 1 aromatic carbocycles. The second-order valence-electron chi connectivity index (χ2n) is 7.03. The summed E-state index contributed by atoms with van der Waals surface area (Å²) >= 11 is 1.31. The number of fused-ring (bicyclic) bond motifs is 1. The van der Waals surface area contributed by atoms with Crippen LogP contribution in [0.5, 0.6) is 0 Å². The standard InChI is InChI=1S/C18H21N3O2S2/c1-12-11-20(15-4-5-15)7-8-21(12)25(22,23)18-13(2)16-9-14(10-19)3-6-17(16)24-18/h3,6,9,12,15H,4-5,7-8,11H2,1-2H3. The van der Waals surface area contributed by atoms with Crippen LogP contribution in [0.2, 0.25) is 0 Å². The maximum absolute atomic E-state index is 13.3. The Morgan fingerprint density at radius 3 is 2.68 bits per heavy atom. The first-order valence-electron chi connectivity index (χ1n) is 8.61. The van der Waals surface area contributed by atoms with E-state index in [0.717, 1.165) is 28.7 Å². The SMILES string of the molecule is Cc1c(S(=O)(=O)N2CCN(C3CC3)CC2C)sc2ccc(C#N)cc12. The molecular formula is C18H21N3O2S2. The van der Waals surface area contributed by atoms with Crippen molar-refractivity contribution in [3.8, 4) is 6.07 Å². The second-order valence-corrected chi connectivity index (χ2v) is 10.2. The highest BCUT2D eigenvalue weighted by atomic mass is 32.2. The van der Waals surface area contributed by atoms with E-state index < -0.39 is 10.0 Å². The molecule has 1 aliphatic heterocycles. The van der Waals surface area contributed by atoms with Crippen LogP contribution in [0.3, 0.4) is 0 Å². The zero-order chi connectivity index (χ0) is 17.8. The molecule has 2 heterocycles. The van der Waals surface area contributed by atoms with Gasteiger partial charge in [-0.3, -0.25) is 4.90 Å². The average Bonchev–Trinajstić information content (AvgIpc) is 3.39. The molecule has 0 amide bonds. The van der Waals surface area contributed by atoms with E-state index in [1.54, 1.807) is 16.4 Å². The van der Waals surface area contributed by atoms with Crippen LogP contribution >= 0.6 is 11.3 Å². The van der Waals surface area contributed by atoms with Gasteiger partial charge in [0.2, 0.25) is 0 Å². The maximum atomic E-state index is 13.3. The molecule has 1 unspecified atom stereocenters. The number of nitrogens with zero attached hydrogens (tertiary/aromatic N) is 3. The van der Waals surface area contributed by atoms with Gasteiger partial charge in [-0.2, -0.15) is 9.57 Å². The van der Waals surface area contributed by atoms with Crippen molar-refractivity contribution in [2.75, 3.05) is 19.6 Å². The van der Waals surface area contributed by atoms with E-state index in [-0.39, 0.29) is 6.04 Å². The van der Waals surface area contributed by atoms with Gasteiger partial charge in [-0.05, 0) is 55.8 Å². The molecule has 0 bridgehead atoms. The molecule has 4 rings (SSSR count). The van der Waals surface area contributed by atoms with Crippen molar-refractivity contribution >= 4 is 31.4 Å². The minimum absolute atomic E-state index is 0.0152. The summed E-state index contributed by atoms with van der Waals surface area (Å²) in [4.78, 5) is 2.42. The first-order chi connectivity index (χ1) is 11.9. The third-order valence-corrected chi connectivity index (χ3v) is 9.11. The van der Waals surface area contributed by atoms with Gasteiger partial charge in [0.25, 0.3) is 10.0 Å². The predicted molar refractivity (Wildman–Crippen MR) is 99.2 cm³/mol. The number of hydrogen-bond donors (Lipinski definition) is 0. The van der Waals surface area contributed by atoms with Gasteiger partial charge >= 0.3 is 0 Å². The molecule has 7 heteroatoms. The Kier molecular flexibility index (Phi) is 4.12. The van der Waals surface area contributed by atoms with E-state index >= 15 is 0 Å². The van der Waals surface area contributed by atoms with E-state index in [1.165, 1.54) is 24.2 Å². The third-order valence-electron chi connectivity index (χ3n) is 5.23. The molecule has 5 nitrogen and oxygen atoms in total. The van der Waals surface area contributed by atoms with Gasteiger partial charge in [0.05, 0.1) is 11.6 Å². The lowest BCUT2D eigenvalue weighted by atomic mass is 10.1. The molecule has 132 valence electrons. The summed E-state index contributed by atoms with van der Waals surface area (Å²) in [6, 6.07) is 8.15. The maximum Gasteiger partial charge on any atom is 0.253 e. The zero-order valence-corrected chi connectivity index (χ0v) is 16.0. The molecular weight excluding hydrogens is 354 g/mol. The summed E-state index contributed by atoms with van der Waals surface area (Å²) in [6.07, 6.45) is 2.49. The Balaban J connectivity index is 1.69. The van der Waals surface area contributed by atoms with E-state index in [2.05, 4.69) is 11.0 Å². The van der Waals surface area contributed by atoms with Crippen LogP contribution in [-0.4, -0.2) is 49.3 Å². The highest BCUT2D eigenvalue weighted by molar-refractivity contribution is 7.91. The van der Waals surface area contributed by atoms with Crippen LogP contribution in [0.4, 0.5) is 0 Å². The molecule has 1 saturated carbocycles. The molecule has 1 aliphatic carbocycles. The molecule has 0 N–H and O–H groups in total. The number of rotatable bonds is 3. The lowest BCUT2D eigenvalue weighted by Gasteiger charge is -2.38. The summed E-state index contributed by atoms with van der Waals surface area (Å²) in [5.41, 5.74) is 1.32. The van der Waals surface area contributed by atoms with Crippen LogP contribution in [0, 0.1) is 18.3 Å². The molecule has 2 aromatic rings. The van der Waals surface area contributed by atoms with Crippen molar-refractivity contribution in [3.05, 3.63) is 29.3 Å². The summed E-state index contributed by atoms with van der Waals surface area (Å²) in [7, 11) is -3.51. The van der Waals surface area contributed by atoms with E-state index in [9.17, 15) is 8.42 Å². The van der Waals surface area contributed by atoms with Crippen LogP contribution in [-0.2, 0) is 10.0 Å². The third kappa shape index (κ3) is 2.87. The fourth-order valence-electron chi connectivity index (χ4n) is 3.72. The molecule has 1 aromatic heterocycles. The number of sulfonamides is 1. The quantitative estimate of drug-likeness (QED) is 0.827. The van der Waals surface area contributed by atoms with Gasteiger partial charge < -0.3 is 0 Å². The lowest BCUT2D eigenvalue weighted by Crippen LogP contribution is -2.54. The van der Waals surface area contributed by atoms with Gasteiger partial charge in [-0.25, -0.2) is 8.42 Å². The van der Waals surface area contributed by atoms with Gasteiger partial charge in [-0.1, -0.05) is 0 Å². The molecule has 2 fully saturated rings. The molecule has 0 radical (unpaired) electrons.